The van der Waals surface area contributed by atoms with E-state index in [9.17, 15) is 33.9 Å². The van der Waals surface area contributed by atoms with Crippen LogP contribution in [0.25, 0.3) is 0 Å². The molecule has 5 atom stereocenters. The van der Waals surface area contributed by atoms with E-state index in [0.29, 0.717) is 30.4 Å². The van der Waals surface area contributed by atoms with E-state index in [1.165, 1.54) is 13.2 Å². The largest absolute Gasteiger partial charge is 0.507 e. The molecule has 1 aromatic carbocycles. The Balaban J connectivity index is 1.70. The number of esters is 1. The number of fused-ring (bicyclic) bond motifs is 3. The monoisotopic (exact) mass is 441 g/mol. The average Bonchev–Trinajstić information content (AvgIpc) is 2.71. The lowest BCUT2D eigenvalue weighted by Crippen LogP contribution is -2.56. The van der Waals surface area contributed by atoms with Crippen molar-refractivity contribution in [2.45, 2.75) is 32.1 Å². The number of nitrogens with two attached hydrogens (primary N) is 1. The van der Waals surface area contributed by atoms with E-state index in [0.717, 1.165) is 0 Å². The topological polar surface area (TPSA) is 158 Å². The van der Waals surface area contributed by atoms with Crippen molar-refractivity contribution < 1.29 is 38.6 Å². The Morgan fingerprint density at radius 2 is 1.75 bits per heavy atom. The highest BCUT2D eigenvalue weighted by molar-refractivity contribution is 6.27. The first-order chi connectivity index (χ1) is 15.1. The second-order valence-corrected chi connectivity index (χ2v) is 8.76. The van der Waals surface area contributed by atoms with Gasteiger partial charge in [-0.15, -0.1) is 0 Å². The average molecular weight is 441 g/mol. The highest BCUT2D eigenvalue weighted by Gasteiger charge is 2.57. The van der Waals surface area contributed by atoms with Crippen molar-refractivity contribution in [1.29, 1.82) is 0 Å². The number of aromatic hydroxyl groups is 1. The lowest BCUT2D eigenvalue weighted by atomic mass is 9.56. The van der Waals surface area contributed by atoms with E-state index >= 15 is 0 Å². The van der Waals surface area contributed by atoms with Gasteiger partial charge in [0.2, 0.25) is 5.91 Å². The first-order valence-electron chi connectivity index (χ1n) is 10.5. The molecule has 0 bridgehead atoms. The number of hydrogen-bond acceptors (Lipinski definition) is 8. The molecule has 9 nitrogen and oxygen atoms in total. The third-order valence-electron chi connectivity index (χ3n) is 7.03. The standard InChI is InChI=1S/C23H23NO8/c1-32-15(27)5-3-9-2-4-13(25)18-12(9)7-10-6-11-8-14(26)19(23(24)31)22(30)17(11)20(28)16(10)21(18)29/h2,4,10-11,16-17,19,25H,3,5-8H2,1H3,(H2,24,31). The molecule has 2 saturated carbocycles. The fourth-order valence-corrected chi connectivity index (χ4v) is 5.63. The Bertz CT molecular complexity index is 1070. The second-order valence-electron chi connectivity index (χ2n) is 8.76. The van der Waals surface area contributed by atoms with Crippen molar-refractivity contribution >= 4 is 35.0 Å². The Labute approximate surface area is 183 Å². The number of aryl methyl sites for hydroxylation is 1. The van der Waals surface area contributed by atoms with Crippen LogP contribution in [0.1, 0.15) is 40.7 Å². The van der Waals surface area contributed by atoms with Crippen LogP contribution in [0, 0.1) is 29.6 Å². The van der Waals surface area contributed by atoms with Crippen LogP contribution in [0.5, 0.6) is 5.75 Å². The van der Waals surface area contributed by atoms with Crippen LogP contribution in [0.2, 0.25) is 0 Å². The Kier molecular flexibility index (Phi) is 5.44. The van der Waals surface area contributed by atoms with E-state index in [1.807, 2.05) is 0 Å². The summed E-state index contributed by atoms with van der Waals surface area (Å²) in [6.07, 6.45) is 0.873. The van der Waals surface area contributed by atoms with Gasteiger partial charge in [0.1, 0.15) is 5.75 Å². The van der Waals surface area contributed by atoms with E-state index in [1.54, 1.807) is 6.07 Å². The van der Waals surface area contributed by atoms with Gasteiger partial charge >= 0.3 is 5.97 Å². The quantitative estimate of drug-likeness (QED) is 0.499. The lowest BCUT2D eigenvalue weighted by Gasteiger charge is -2.44. The number of phenolic OH excluding ortho intramolecular Hbond substituents is 1. The summed E-state index contributed by atoms with van der Waals surface area (Å²) in [4.78, 5) is 75.0. The molecular weight excluding hydrogens is 418 g/mol. The summed E-state index contributed by atoms with van der Waals surface area (Å²) in [6, 6.07) is 3.00. The first-order valence-corrected chi connectivity index (χ1v) is 10.5. The molecule has 0 radical (unpaired) electrons. The minimum absolute atomic E-state index is 0.0335. The number of rotatable bonds is 4. The molecule has 0 aliphatic heterocycles. The molecule has 0 heterocycles. The van der Waals surface area contributed by atoms with Gasteiger partial charge in [0.15, 0.2) is 29.1 Å². The fraction of sp³-hybridized carbons (Fsp3) is 0.478. The third-order valence-corrected chi connectivity index (χ3v) is 7.03. The number of benzene rings is 1. The number of amides is 1. The van der Waals surface area contributed by atoms with Crippen LogP contribution in [0.3, 0.4) is 0 Å². The SMILES string of the molecule is COC(=O)CCc1ccc(O)c2c1CC1CC3CC(=O)C(C(N)=O)C(=O)C3C(=O)C1C2=O. The zero-order chi connectivity index (χ0) is 23.3. The van der Waals surface area contributed by atoms with Gasteiger partial charge in [-0.1, -0.05) is 6.07 Å². The van der Waals surface area contributed by atoms with E-state index in [2.05, 4.69) is 4.74 Å². The molecular formula is C23H23NO8. The molecule has 9 heteroatoms. The molecule has 5 unspecified atom stereocenters. The van der Waals surface area contributed by atoms with Crippen LogP contribution in [-0.2, 0) is 41.6 Å². The highest BCUT2D eigenvalue weighted by Crippen LogP contribution is 2.48. The maximum absolute atomic E-state index is 13.3. The molecule has 1 aromatic rings. The van der Waals surface area contributed by atoms with Crippen molar-refractivity contribution in [3.8, 4) is 5.75 Å². The van der Waals surface area contributed by atoms with E-state index in [-0.39, 0.29) is 24.2 Å². The molecule has 1 amide bonds. The van der Waals surface area contributed by atoms with Gasteiger partial charge in [-0.25, -0.2) is 0 Å². The molecule has 3 aliphatic carbocycles. The summed E-state index contributed by atoms with van der Waals surface area (Å²) in [6.45, 7) is 0. The van der Waals surface area contributed by atoms with Gasteiger partial charge in [0.25, 0.3) is 0 Å². The minimum Gasteiger partial charge on any atom is -0.507 e. The maximum Gasteiger partial charge on any atom is 0.305 e. The molecule has 3 N–H and O–H groups in total. The van der Waals surface area contributed by atoms with Crippen molar-refractivity contribution in [2.24, 2.45) is 35.3 Å². The third kappa shape index (κ3) is 3.32. The number of ketones is 4. The molecule has 0 spiro atoms. The summed E-state index contributed by atoms with van der Waals surface area (Å²) < 4.78 is 4.67. The molecule has 32 heavy (non-hydrogen) atoms. The summed E-state index contributed by atoms with van der Waals surface area (Å²) >= 11 is 0. The number of carbonyl (C=O) groups is 6. The Morgan fingerprint density at radius 3 is 2.41 bits per heavy atom. The van der Waals surface area contributed by atoms with Crippen molar-refractivity contribution in [3.63, 3.8) is 0 Å². The molecule has 168 valence electrons. The van der Waals surface area contributed by atoms with E-state index < -0.39 is 64.6 Å². The van der Waals surface area contributed by atoms with Crippen molar-refractivity contribution in [1.82, 2.24) is 0 Å². The Morgan fingerprint density at radius 1 is 1.06 bits per heavy atom. The molecule has 4 rings (SSSR count). The van der Waals surface area contributed by atoms with Crippen LogP contribution >= 0.6 is 0 Å². The van der Waals surface area contributed by atoms with Gasteiger partial charge in [0.05, 0.1) is 24.5 Å². The summed E-state index contributed by atoms with van der Waals surface area (Å²) in [5, 5.41) is 10.4. The summed E-state index contributed by atoms with van der Waals surface area (Å²) in [5.41, 5.74) is 6.52. The number of carbonyl (C=O) groups excluding carboxylic acids is 6. The predicted molar refractivity (Wildman–Crippen MR) is 107 cm³/mol. The van der Waals surface area contributed by atoms with Crippen LogP contribution in [-0.4, -0.2) is 47.2 Å². The van der Waals surface area contributed by atoms with Gasteiger partial charge in [0, 0.05) is 12.8 Å². The fourth-order valence-electron chi connectivity index (χ4n) is 5.63. The van der Waals surface area contributed by atoms with Crippen LogP contribution < -0.4 is 5.73 Å². The lowest BCUT2D eigenvalue weighted by molar-refractivity contribution is -0.153. The summed E-state index contributed by atoms with van der Waals surface area (Å²) in [7, 11) is 1.28. The van der Waals surface area contributed by atoms with Gasteiger partial charge in [-0.3, -0.25) is 28.8 Å². The second kappa shape index (κ2) is 7.96. The minimum atomic E-state index is -1.65. The summed E-state index contributed by atoms with van der Waals surface area (Å²) in [5.74, 6) is -9.36. The van der Waals surface area contributed by atoms with Crippen LogP contribution in [0.4, 0.5) is 0 Å². The van der Waals surface area contributed by atoms with Gasteiger partial charge in [-0.2, -0.15) is 0 Å². The first kappa shape index (κ1) is 21.9. The zero-order valence-corrected chi connectivity index (χ0v) is 17.5. The predicted octanol–water partition coefficient (Wildman–Crippen LogP) is 0.318. The normalized spacial score (nSPS) is 29.1. The van der Waals surface area contributed by atoms with E-state index in [4.69, 9.17) is 5.73 Å². The Hall–Kier alpha value is -3.36. The number of primary amides is 1. The number of phenols is 1. The smallest absolute Gasteiger partial charge is 0.305 e. The molecule has 0 saturated heterocycles. The van der Waals surface area contributed by atoms with Crippen LogP contribution in [0.15, 0.2) is 12.1 Å². The highest BCUT2D eigenvalue weighted by atomic mass is 16.5. The zero-order valence-electron chi connectivity index (χ0n) is 17.5. The number of hydrogen-bond donors (Lipinski definition) is 2. The van der Waals surface area contributed by atoms with Gasteiger partial charge in [-0.05, 0) is 48.3 Å². The van der Waals surface area contributed by atoms with Crippen molar-refractivity contribution in [3.05, 3.63) is 28.8 Å². The number of methoxy groups -OCH3 is 1. The number of Topliss-reactive ketones (excluding diaryl/α,β-unsaturated/α-hetero) is 4. The van der Waals surface area contributed by atoms with Crippen molar-refractivity contribution in [2.75, 3.05) is 7.11 Å². The maximum atomic E-state index is 13.3. The molecule has 2 fully saturated rings. The number of ether oxygens (including phenoxy) is 1. The molecule has 0 aromatic heterocycles. The van der Waals surface area contributed by atoms with Gasteiger partial charge < -0.3 is 15.6 Å². The molecule has 3 aliphatic rings.